The van der Waals surface area contributed by atoms with Crippen LogP contribution in [0.4, 0.5) is 5.69 Å². The zero-order valence-electron chi connectivity index (χ0n) is 19.0. The number of nitrogens with zero attached hydrogens (tertiary/aromatic N) is 1. The van der Waals surface area contributed by atoms with E-state index < -0.39 is 35.9 Å². The van der Waals surface area contributed by atoms with E-state index in [1.54, 1.807) is 31.2 Å². The number of carbonyl (C=O) groups excluding carboxylic acids is 4. The summed E-state index contributed by atoms with van der Waals surface area (Å²) in [5, 5.41) is 2.80. The van der Waals surface area contributed by atoms with Gasteiger partial charge in [0.1, 0.15) is 18.7 Å². The van der Waals surface area contributed by atoms with Gasteiger partial charge in [-0.1, -0.05) is 32.0 Å². The van der Waals surface area contributed by atoms with Gasteiger partial charge in [0.05, 0.1) is 6.10 Å². The van der Waals surface area contributed by atoms with Gasteiger partial charge in [-0.05, 0) is 55.7 Å². The largest absolute Gasteiger partial charge is 0.368 e. The lowest BCUT2D eigenvalue weighted by Gasteiger charge is -2.33. The number of rotatable bonds is 8. The van der Waals surface area contributed by atoms with Gasteiger partial charge in [0.2, 0.25) is 11.8 Å². The molecular weight excluding hydrogens is 422 g/mol. The lowest BCUT2D eigenvalue weighted by Crippen LogP contribution is -2.55. The average Bonchev–Trinajstić information content (AvgIpc) is 3.11. The lowest BCUT2D eigenvalue weighted by atomic mass is 9.98. The first-order chi connectivity index (χ1) is 15.7. The maximum absolute atomic E-state index is 13.7. The third kappa shape index (κ3) is 5.64. The van der Waals surface area contributed by atoms with Crippen molar-refractivity contribution in [1.29, 1.82) is 0 Å². The number of ether oxygens (including phenoxy) is 1. The van der Waals surface area contributed by atoms with Crippen molar-refractivity contribution in [3.8, 4) is 0 Å². The van der Waals surface area contributed by atoms with Gasteiger partial charge < -0.3 is 15.8 Å². The van der Waals surface area contributed by atoms with E-state index in [-0.39, 0.29) is 23.9 Å². The number of amides is 3. The number of hydrogen-bond acceptors (Lipinski definition) is 5. The summed E-state index contributed by atoms with van der Waals surface area (Å²) in [5.74, 6) is -1.53. The van der Waals surface area contributed by atoms with Crippen LogP contribution in [0.1, 0.15) is 47.9 Å². The molecule has 0 aromatic heterocycles. The van der Waals surface area contributed by atoms with Crippen LogP contribution < -0.4 is 16.0 Å². The predicted octanol–water partition coefficient (Wildman–Crippen LogP) is 2.32. The minimum absolute atomic E-state index is 0.0471. The molecule has 1 heterocycles. The van der Waals surface area contributed by atoms with Crippen molar-refractivity contribution in [2.24, 2.45) is 11.7 Å². The Hall–Kier alpha value is -3.52. The molecule has 33 heavy (non-hydrogen) atoms. The second-order valence-electron chi connectivity index (χ2n) is 8.57. The molecule has 0 aliphatic carbocycles. The van der Waals surface area contributed by atoms with Gasteiger partial charge in [0.25, 0.3) is 5.91 Å². The Labute approximate surface area is 193 Å². The summed E-state index contributed by atoms with van der Waals surface area (Å²) in [7, 11) is 0. The van der Waals surface area contributed by atoms with Crippen molar-refractivity contribution in [2.45, 2.75) is 45.4 Å². The monoisotopic (exact) mass is 451 g/mol. The van der Waals surface area contributed by atoms with E-state index in [4.69, 9.17) is 10.5 Å². The maximum atomic E-state index is 13.7. The Kier molecular flexibility index (Phi) is 7.60. The Morgan fingerprint density at radius 3 is 2.18 bits per heavy atom. The van der Waals surface area contributed by atoms with Crippen LogP contribution in [-0.4, -0.2) is 48.3 Å². The van der Waals surface area contributed by atoms with Crippen LogP contribution in [0, 0.1) is 5.92 Å². The van der Waals surface area contributed by atoms with Crippen molar-refractivity contribution in [3.63, 3.8) is 0 Å². The highest BCUT2D eigenvalue weighted by molar-refractivity contribution is 6.10. The number of anilines is 1. The highest BCUT2D eigenvalue weighted by atomic mass is 16.5. The molecule has 8 nitrogen and oxygen atoms in total. The van der Waals surface area contributed by atoms with Gasteiger partial charge in [0, 0.05) is 16.8 Å². The molecule has 0 radical (unpaired) electrons. The van der Waals surface area contributed by atoms with Crippen molar-refractivity contribution in [2.75, 3.05) is 11.5 Å². The fraction of sp³-hybridized carbons (Fsp3) is 0.360. The summed E-state index contributed by atoms with van der Waals surface area (Å²) in [5.41, 5.74) is 6.44. The standard InChI is InChI=1S/C25H29N3O5/c1-15(2)13-20(24(31)27-22-16(3)33-14-21(22)29)28(19-7-5-4-6-8-19)25(32)18-11-9-17(10-12-18)23(26)30/h4-12,15-16,20,22H,13-14H2,1-3H3,(H2,26,30)(H,27,31)/t16-,20+,22+/m1/s1. The van der Waals surface area contributed by atoms with Crippen molar-refractivity contribution >= 4 is 29.2 Å². The van der Waals surface area contributed by atoms with E-state index in [1.807, 2.05) is 19.9 Å². The highest BCUT2D eigenvalue weighted by Gasteiger charge is 2.38. The first kappa shape index (κ1) is 24.1. The number of nitrogens with two attached hydrogens (primary N) is 1. The minimum atomic E-state index is -0.865. The summed E-state index contributed by atoms with van der Waals surface area (Å²) in [6.45, 7) is 5.60. The van der Waals surface area contributed by atoms with Gasteiger partial charge in [-0.25, -0.2) is 0 Å². The molecule has 0 saturated carbocycles. The molecule has 3 amide bonds. The number of ketones is 1. The Bertz CT molecular complexity index is 1020. The minimum Gasteiger partial charge on any atom is -0.368 e. The van der Waals surface area contributed by atoms with Crippen LogP contribution in [0.15, 0.2) is 54.6 Å². The Balaban J connectivity index is 1.99. The summed E-state index contributed by atoms with van der Waals surface area (Å²) < 4.78 is 5.35. The zero-order chi connectivity index (χ0) is 24.1. The highest BCUT2D eigenvalue weighted by Crippen LogP contribution is 2.25. The number of Topliss-reactive ketones (excluding diaryl/α,β-unsaturated/α-hetero) is 1. The number of primary amides is 1. The number of nitrogens with one attached hydrogen (secondary N) is 1. The average molecular weight is 452 g/mol. The molecule has 2 aromatic rings. The third-order valence-corrected chi connectivity index (χ3v) is 5.58. The van der Waals surface area contributed by atoms with Gasteiger partial charge in [-0.15, -0.1) is 0 Å². The van der Waals surface area contributed by atoms with E-state index in [1.165, 1.54) is 29.2 Å². The maximum Gasteiger partial charge on any atom is 0.259 e. The molecule has 2 aromatic carbocycles. The van der Waals surface area contributed by atoms with E-state index in [9.17, 15) is 19.2 Å². The molecule has 3 N–H and O–H groups in total. The van der Waals surface area contributed by atoms with Gasteiger partial charge >= 0.3 is 0 Å². The summed E-state index contributed by atoms with van der Waals surface area (Å²) >= 11 is 0. The van der Waals surface area contributed by atoms with Crippen molar-refractivity contribution < 1.29 is 23.9 Å². The fourth-order valence-electron chi connectivity index (χ4n) is 3.83. The number of carbonyl (C=O) groups is 4. The first-order valence-corrected chi connectivity index (χ1v) is 10.9. The van der Waals surface area contributed by atoms with E-state index in [0.29, 0.717) is 17.7 Å². The molecule has 0 spiro atoms. The molecule has 1 fully saturated rings. The molecule has 1 aliphatic rings. The summed E-state index contributed by atoms with van der Waals surface area (Å²) in [6, 6.07) is 13.3. The quantitative estimate of drug-likeness (QED) is 0.638. The molecule has 3 rings (SSSR count). The van der Waals surface area contributed by atoms with E-state index in [0.717, 1.165) is 0 Å². The van der Waals surface area contributed by atoms with Crippen molar-refractivity contribution in [1.82, 2.24) is 5.32 Å². The van der Waals surface area contributed by atoms with Gasteiger partial charge in [-0.3, -0.25) is 24.1 Å². The SMILES string of the molecule is CC(C)C[C@@H](C(=O)N[C@@H]1C(=O)CO[C@@H]1C)N(C(=O)c1ccc(C(N)=O)cc1)c1ccccc1. The predicted molar refractivity (Wildman–Crippen MR) is 124 cm³/mol. The zero-order valence-corrected chi connectivity index (χ0v) is 19.0. The first-order valence-electron chi connectivity index (χ1n) is 10.9. The number of hydrogen-bond donors (Lipinski definition) is 2. The van der Waals surface area contributed by atoms with Crippen LogP contribution in [0.3, 0.4) is 0 Å². The summed E-state index contributed by atoms with van der Waals surface area (Å²) in [6.07, 6.45) is -0.0644. The van der Waals surface area contributed by atoms with E-state index in [2.05, 4.69) is 5.32 Å². The number of para-hydroxylation sites is 1. The van der Waals surface area contributed by atoms with Gasteiger partial charge in [-0.2, -0.15) is 0 Å². The van der Waals surface area contributed by atoms with Crippen LogP contribution >= 0.6 is 0 Å². The lowest BCUT2D eigenvalue weighted by molar-refractivity contribution is -0.127. The van der Waals surface area contributed by atoms with Crippen LogP contribution in [0.25, 0.3) is 0 Å². The fourth-order valence-corrected chi connectivity index (χ4v) is 3.83. The molecule has 3 atom stereocenters. The normalized spacial score (nSPS) is 18.7. The second-order valence-corrected chi connectivity index (χ2v) is 8.57. The van der Waals surface area contributed by atoms with Crippen molar-refractivity contribution in [3.05, 3.63) is 65.7 Å². The molecule has 1 saturated heterocycles. The topological polar surface area (TPSA) is 119 Å². The van der Waals surface area contributed by atoms with Crippen LogP contribution in [-0.2, 0) is 14.3 Å². The van der Waals surface area contributed by atoms with Crippen LogP contribution in [0.5, 0.6) is 0 Å². The Morgan fingerprint density at radius 2 is 1.67 bits per heavy atom. The second kappa shape index (κ2) is 10.4. The smallest absolute Gasteiger partial charge is 0.259 e. The molecule has 0 unspecified atom stereocenters. The molecule has 8 heteroatoms. The van der Waals surface area contributed by atoms with Crippen LogP contribution in [0.2, 0.25) is 0 Å². The summed E-state index contributed by atoms with van der Waals surface area (Å²) in [4.78, 5) is 52.1. The third-order valence-electron chi connectivity index (χ3n) is 5.58. The molecule has 174 valence electrons. The molecular formula is C25H29N3O5. The Morgan fingerprint density at radius 1 is 1.06 bits per heavy atom. The number of benzene rings is 2. The molecule has 0 bridgehead atoms. The van der Waals surface area contributed by atoms with Gasteiger partial charge in [0.15, 0.2) is 5.78 Å². The molecule has 1 aliphatic heterocycles. The van der Waals surface area contributed by atoms with E-state index >= 15 is 0 Å².